The molecule has 1 unspecified atom stereocenters. The van der Waals surface area contributed by atoms with Crippen LogP contribution < -0.4 is 5.73 Å². The van der Waals surface area contributed by atoms with Crippen molar-refractivity contribution in [3.05, 3.63) is 29.3 Å². The van der Waals surface area contributed by atoms with Crippen LogP contribution >= 0.6 is 0 Å². The van der Waals surface area contributed by atoms with Crippen LogP contribution in [0.5, 0.6) is 0 Å². The number of nitrogens with two attached hydrogens (primary N) is 1. The minimum atomic E-state index is -3.97. The lowest BCUT2D eigenvalue weighted by Crippen LogP contribution is -2.54. The summed E-state index contributed by atoms with van der Waals surface area (Å²) in [7, 11) is -2.54. The van der Waals surface area contributed by atoms with Crippen molar-refractivity contribution >= 4 is 21.8 Å². The average Bonchev–Trinajstić information content (AvgIpc) is 2.81. The second kappa shape index (κ2) is 6.88. The molecular weight excluding hydrogens is 370 g/mol. The predicted molar refractivity (Wildman–Crippen MR) is 98.8 cm³/mol. The molecule has 0 radical (unpaired) electrons. The SMILES string of the molecule is COCCN1C(=O)c2ccc(C(=O)N3CCC(N)C(C)(C)C3)cc2S1(=O)=O. The molecule has 2 amide bonds. The number of sulfonamides is 1. The molecule has 0 saturated carbocycles. The van der Waals surface area contributed by atoms with Gasteiger partial charge in [-0.25, -0.2) is 12.7 Å². The van der Waals surface area contributed by atoms with E-state index in [2.05, 4.69) is 0 Å². The van der Waals surface area contributed by atoms with Crippen molar-refractivity contribution in [2.24, 2.45) is 11.1 Å². The molecule has 148 valence electrons. The number of methoxy groups -OCH3 is 1. The van der Waals surface area contributed by atoms with E-state index in [0.29, 0.717) is 19.5 Å². The number of carbonyl (C=O) groups is 2. The van der Waals surface area contributed by atoms with Gasteiger partial charge in [0.2, 0.25) is 0 Å². The Hall–Kier alpha value is -1.97. The van der Waals surface area contributed by atoms with Gasteiger partial charge in [-0.2, -0.15) is 0 Å². The summed E-state index contributed by atoms with van der Waals surface area (Å²) < 4.78 is 31.1. The summed E-state index contributed by atoms with van der Waals surface area (Å²) in [5, 5.41) is 0. The Balaban J connectivity index is 1.90. The predicted octanol–water partition coefficient (Wildman–Crippen LogP) is 0.677. The van der Waals surface area contributed by atoms with Crippen molar-refractivity contribution in [3.8, 4) is 0 Å². The second-order valence-corrected chi connectivity index (χ2v) is 9.53. The van der Waals surface area contributed by atoms with Crippen LogP contribution in [0.2, 0.25) is 0 Å². The van der Waals surface area contributed by atoms with Crippen molar-refractivity contribution in [1.29, 1.82) is 0 Å². The van der Waals surface area contributed by atoms with Crippen molar-refractivity contribution in [2.45, 2.75) is 31.2 Å². The lowest BCUT2D eigenvalue weighted by atomic mass is 9.79. The highest BCUT2D eigenvalue weighted by Crippen LogP contribution is 2.32. The zero-order valence-corrected chi connectivity index (χ0v) is 16.6. The van der Waals surface area contributed by atoms with Gasteiger partial charge in [0.05, 0.1) is 18.7 Å². The number of fused-ring (bicyclic) bond motifs is 1. The van der Waals surface area contributed by atoms with E-state index in [0.717, 1.165) is 4.31 Å². The van der Waals surface area contributed by atoms with Gasteiger partial charge < -0.3 is 15.4 Å². The zero-order valence-electron chi connectivity index (χ0n) is 15.8. The molecule has 2 aliphatic rings. The Bertz CT molecular complexity index is 881. The highest BCUT2D eigenvalue weighted by atomic mass is 32.2. The lowest BCUT2D eigenvalue weighted by molar-refractivity contribution is 0.0532. The third-order valence-corrected chi connectivity index (χ3v) is 7.17. The first-order chi connectivity index (χ1) is 12.6. The quantitative estimate of drug-likeness (QED) is 0.803. The first kappa shape index (κ1) is 19.8. The van der Waals surface area contributed by atoms with E-state index in [-0.39, 0.29) is 46.5 Å². The van der Waals surface area contributed by atoms with Gasteiger partial charge in [-0.15, -0.1) is 0 Å². The fourth-order valence-corrected chi connectivity index (χ4v) is 5.11. The van der Waals surface area contributed by atoms with Gasteiger partial charge in [0.25, 0.3) is 21.8 Å². The highest BCUT2D eigenvalue weighted by Gasteiger charge is 2.42. The number of hydrogen-bond acceptors (Lipinski definition) is 6. The van der Waals surface area contributed by atoms with Gasteiger partial charge in [0.15, 0.2) is 0 Å². The molecule has 2 heterocycles. The molecule has 1 aromatic carbocycles. The fourth-order valence-electron chi connectivity index (χ4n) is 3.53. The highest BCUT2D eigenvalue weighted by molar-refractivity contribution is 7.90. The molecule has 1 aromatic rings. The maximum Gasteiger partial charge on any atom is 0.269 e. The van der Waals surface area contributed by atoms with Crippen LogP contribution in [0, 0.1) is 5.41 Å². The van der Waals surface area contributed by atoms with E-state index < -0.39 is 15.9 Å². The number of likely N-dealkylation sites (tertiary alicyclic amines) is 1. The van der Waals surface area contributed by atoms with Gasteiger partial charge in [0, 0.05) is 31.8 Å². The van der Waals surface area contributed by atoms with Crippen LogP contribution in [0.25, 0.3) is 0 Å². The van der Waals surface area contributed by atoms with Crippen molar-refractivity contribution < 1.29 is 22.7 Å². The molecule has 27 heavy (non-hydrogen) atoms. The molecule has 8 nitrogen and oxygen atoms in total. The number of rotatable bonds is 4. The average molecular weight is 395 g/mol. The van der Waals surface area contributed by atoms with Crippen LogP contribution in [0.3, 0.4) is 0 Å². The maximum atomic E-state index is 12.9. The van der Waals surface area contributed by atoms with Crippen LogP contribution in [0.15, 0.2) is 23.1 Å². The summed E-state index contributed by atoms with van der Waals surface area (Å²) in [5.41, 5.74) is 6.25. The Morgan fingerprint density at radius 2 is 2.07 bits per heavy atom. The van der Waals surface area contributed by atoms with E-state index in [1.165, 1.54) is 25.3 Å². The smallest absolute Gasteiger partial charge is 0.269 e. The number of ether oxygens (including phenoxy) is 1. The van der Waals surface area contributed by atoms with E-state index in [1.54, 1.807) is 4.90 Å². The minimum Gasteiger partial charge on any atom is -0.383 e. The molecule has 3 rings (SSSR count). The fraction of sp³-hybridized carbons (Fsp3) is 0.556. The third-order valence-electron chi connectivity index (χ3n) is 5.35. The van der Waals surface area contributed by atoms with E-state index >= 15 is 0 Å². The van der Waals surface area contributed by atoms with Gasteiger partial charge in [-0.05, 0) is 30.0 Å². The summed E-state index contributed by atoms with van der Waals surface area (Å²) in [5.74, 6) is -0.845. The molecule has 0 bridgehead atoms. The summed E-state index contributed by atoms with van der Waals surface area (Å²) >= 11 is 0. The van der Waals surface area contributed by atoms with Gasteiger partial charge in [-0.1, -0.05) is 13.8 Å². The van der Waals surface area contributed by atoms with Crippen LogP contribution in [-0.4, -0.2) is 68.8 Å². The van der Waals surface area contributed by atoms with Crippen molar-refractivity contribution in [2.75, 3.05) is 33.4 Å². The van der Waals surface area contributed by atoms with Crippen LogP contribution in [0.4, 0.5) is 0 Å². The summed E-state index contributed by atoms with van der Waals surface area (Å²) in [4.78, 5) is 26.9. The van der Waals surface area contributed by atoms with Crippen LogP contribution in [0.1, 0.15) is 41.0 Å². The van der Waals surface area contributed by atoms with E-state index in [1.807, 2.05) is 13.8 Å². The number of nitrogens with zero attached hydrogens (tertiary/aromatic N) is 2. The Morgan fingerprint density at radius 1 is 1.37 bits per heavy atom. The number of benzene rings is 1. The van der Waals surface area contributed by atoms with Crippen molar-refractivity contribution in [1.82, 2.24) is 9.21 Å². The minimum absolute atomic E-state index is 0.00825. The third kappa shape index (κ3) is 3.35. The number of piperidine rings is 1. The number of carbonyl (C=O) groups excluding carboxylic acids is 2. The van der Waals surface area contributed by atoms with E-state index in [9.17, 15) is 18.0 Å². The Kier molecular flexibility index (Phi) is 5.04. The Labute approximate surface area is 159 Å². The summed E-state index contributed by atoms with van der Waals surface area (Å²) in [6.45, 7) is 5.08. The number of amides is 2. The molecule has 9 heteroatoms. The molecule has 2 aliphatic heterocycles. The van der Waals surface area contributed by atoms with E-state index in [4.69, 9.17) is 10.5 Å². The molecule has 0 aliphatic carbocycles. The summed E-state index contributed by atoms with van der Waals surface area (Å²) in [6, 6.07) is 4.24. The lowest BCUT2D eigenvalue weighted by Gasteiger charge is -2.42. The topological polar surface area (TPSA) is 110 Å². The summed E-state index contributed by atoms with van der Waals surface area (Å²) in [6.07, 6.45) is 0.686. The monoisotopic (exact) mass is 395 g/mol. The van der Waals surface area contributed by atoms with Gasteiger partial charge in [0.1, 0.15) is 4.90 Å². The molecule has 1 atom stereocenters. The van der Waals surface area contributed by atoms with Gasteiger partial charge in [-0.3, -0.25) is 9.59 Å². The van der Waals surface area contributed by atoms with Gasteiger partial charge >= 0.3 is 0 Å². The maximum absolute atomic E-state index is 12.9. The normalized spacial score (nSPS) is 23.4. The molecule has 0 aromatic heterocycles. The molecule has 0 spiro atoms. The first-order valence-corrected chi connectivity index (χ1v) is 10.3. The molecule has 1 fully saturated rings. The largest absolute Gasteiger partial charge is 0.383 e. The number of hydrogen-bond donors (Lipinski definition) is 1. The first-order valence-electron chi connectivity index (χ1n) is 8.84. The second-order valence-electron chi connectivity index (χ2n) is 7.70. The molecule has 2 N–H and O–H groups in total. The molecule has 1 saturated heterocycles. The zero-order chi connectivity index (χ0) is 20.0. The standard InChI is InChI=1S/C18H25N3O5S/c1-18(2)11-20(7-6-15(18)19)16(22)12-4-5-13-14(10-12)27(24,25)21(17(13)23)8-9-26-3/h4-5,10,15H,6-9,11,19H2,1-3H3. The van der Waals surface area contributed by atoms with Crippen molar-refractivity contribution in [3.63, 3.8) is 0 Å². The van der Waals surface area contributed by atoms with Crippen LogP contribution in [-0.2, 0) is 14.8 Å². The molecular formula is C18H25N3O5S. The Morgan fingerprint density at radius 3 is 2.70 bits per heavy atom.